The third-order valence-electron chi connectivity index (χ3n) is 5.15. The number of hydrogen-bond acceptors (Lipinski definition) is 5. The van der Waals surface area contributed by atoms with E-state index in [1.165, 1.54) is 11.9 Å². The van der Waals surface area contributed by atoms with E-state index in [2.05, 4.69) is 32.3 Å². The molecule has 0 bridgehead atoms. The van der Waals surface area contributed by atoms with Crippen LogP contribution in [0.3, 0.4) is 0 Å². The van der Waals surface area contributed by atoms with E-state index in [4.69, 9.17) is 4.74 Å². The molecule has 4 rings (SSSR count). The van der Waals surface area contributed by atoms with Crippen LogP contribution >= 0.6 is 0 Å². The Labute approximate surface area is 140 Å². The van der Waals surface area contributed by atoms with Crippen LogP contribution in [0.5, 0.6) is 5.88 Å². The number of carbonyl (C=O) groups excluding carboxylic acids is 1. The van der Waals surface area contributed by atoms with Crippen LogP contribution in [0, 0.1) is 0 Å². The normalized spacial score (nSPS) is 18.9. The van der Waals surface area contributed by atoms with Crippen molar-refractivity contribution in [3.63, 3.8) is 0 Å². The van der Waals surface area contributed by atoms with Crippen molar-refractivity contribution in [1.82, 2.24) is 9.97 Å². The molecular weight excluding hydrogens is 304 g/mol. The molecule has 24 heavy (non-hydrogen) atoms. The van der Waals surface area contributed by atoms with Gasteiger partial charge < -0.3 is 15.0 Å². The third kappa shape index (κ3) is 2.48. The van der Waals surface area contributed by atoms with E-state index in [1.807, 2.05) is 18.2 Å². The highest BCUT2D eigenvalue weighted by Gasteiger charge is 2.42. The van der Waals surface area contributed by atoms with Crippen molar-refractivity contribution in [3.8, 4) is 5.88 Å². The number of ether oxygens (including phenoxy) is 1. The van der Waals surface area contributed by atoms with Gasteiger partial charge in [-0.3, -0.25) is 4.79 Å². The fraction of sp³-hybridized carbons (Fsp3) is 0.389. The lowest BCUT2D eigenvalue weighted by Gasteiger charge is -2.45. The summed E-state index contributed by atoms with van der Waals surface area (Å²) in [6.07, 6.45) is 3.96. The van der Waals surface area contributed by atoms with Crippen molar-refractivity contribution in [2.24, 2.45) is 0 Å². The van der Waals surface area contributed by atoms with Crippen molar-refractivity contribution < 1.29 is 9.53 Å². The van der Waals surface area contributed by atoms with E-state index in [-0.39, 0.29) is 11.3 Å². The van der Waals surface area contributed by atoms with Crippen LogP contribution in [-0.2, 0) is 10.2 Å². The van der Waals surface area contributed by atoms with E-state index in [1.54, 1.807) is 7.11 Å². The Hall–Kier alpha value is -2.63. The number of nitrogens with zero attached hydrogens (tertiary/aromatic N) is 3. The standard InChI is InChI=1S/C18H20N4O2/c1-24-17-10-15(19-12-20-17)22-8-6-18(7-9-22)11-16(23)21-14-5-3-2-4-13(14)18/h2-5,10,12H,6-9,11H2,1H3,(H,21,23). The summed E-state index contributed by atoms with van der Waals surface area (Å²) >= 11 is 0. The molecule has 2 aliphatic heterocycles. The quantitative estimate of drug-likeness (QED) is 0.918. The van der Waals surface area contributed by atoms with Crippen molar-refractivity contribution in [2.45, 2.75) is 24.7 Å². The lowest BCUT2D eigenvalue weighted by Crippen LogP contribution is -2.47. The molecule has 2 aromatic rings. The molecule has 1 spiro atoms. The van der Waals surface area contributed by atoms with Crippen LogP contribution in [0.15, 0.2) is 36.7 Å². The van der Waals surface area contributed by atoms with Crippen molar-refractivity contribution in [2.75, 3.05) is 30.4 Å². The molecule has 1 aromatic heterocycles. The summed E-state index contributed by atoms with van der Waals surface area (Å²) < 4.78 is 5.19. The molecule has 1 amide bonds. The second-order valence-electron chi connectivity index (χ2n) is 6.46. The molecule has 0 radical (unpaired) electrons. The SMILES string of the molecule is COc1cc(N2CCC3(CC2)CC(=O)Nc2ccccc23)ncn1. The number of piperidine rings is 1. The fourth-order valence-electron chi connectivity index (χ4n) is 3.88. The third-order valence-corrected chi connectivity index (χ3v) is 5.15. The van der Waals surface area contributed by atoms with Gasteiger partial charge in [-0.05, 0) is 24.5 Å². The summed E-state index contributed by atoms with van der Waals surface area (Å²) in [6, 6.07) is 10.0. The van der Waals surface area contributed by atoms with Gasteiger partial charge in [-0.1, -0.05) is 18.2 Å². The van der Waals surface area contributed by atoms with Gasteiger partial charge in [0.2, 0.25) is 11.8 Å². The van der Waals surface area contributed by atoms with E-state index in [0.717, 1.165) is 37.4 Å². The molecule has 2 aliphatic rings. The summed E-state index contributed by atoms with van der Waals surface area (Å²) in [6.45, 7) is 1.73. The van der Waals surface area contributed by atoms with Crippen molar-refractivity contribution in [3.05, 3.63) is 42.2 Å². The molecule has 124 valence electrons. The van der Waals surface area contributed by atoms with Crippen LogP contribution in [0.4, 0.5) is 11.5 Å². The minimum Gasteiger partial charge on any atom is -0.481 e. The van der Waals surface area contributed by atoms with Crippen LogP contribution < -0.4 is 15.0 Å². The smallest absolute Gasteiger partial charge is 0.225 e. The lowest BCUT2D eigenvalue weighted by molar-refractivity contribution is -0.118. The lowest BCUT2D eigenvalue weighted by atomic mass is 9.68. The zero-order valence-electron chi connectivity index (χ0n) is 13.7. The molecule has 0 saturated carbocycles. The predicted octanol–water partition coefficient (Wildman–Crippen LogP) is 2.37. The van der Waals surface area contributed by atoms with Gasteiger partial charge in [-0.15, -0.1) is 0 Å². The maximum atomic E-state index is 12.2. The number of para-hydroxylation sites is 1. The number of carbonyl (C=O) groups is 1. The van der Waals surface area contributed by atoms with Gasteiger partial charge in [0.1, 0.15) is 12.1 Å². The van der Waals surface area contributed by atoms with Crippen LogP contribution in [0.25, 0.3) is 0 Å². The maximum Gasteiger partial charge on any atom is 0.225 e. The van der Waals surface area contributed by atoms with Gasteiger partial charge in [-0.2, -0.15) is 0 Å². The molecule has 6 heteroatoms. The van der Waals surface area contributed by atoms with Gasteiger partial charge in [0.05, 0.1) is 7.11 Å². The molecule has 0 unspecified atom stereocenters. The first-order chi connectivity index (χ1) is 11.7. The highest BCUT2D eigenvalue weighted by molar-refractivity contribution is 5.95. The zero-order valence-corrected chi connectivity index (χ0v) is 13.7. The minimum atomic E-state index is -0.0630. The average Bonchev–Trinajstić information content (AvgIpc) is 2.62. The second kappa shape index (κ2) is 5.78. The largest absolute Gasteiger partial charge is 0.481 e. The number of aromatic nitrogens is 2. The van der Waals surface area contributed by atoms with Crippen LogP contribution in [0.1, 0.15) is 24.8 Å². The number of fused-ring (bicyclic) bond motifs is 2. The molecule has 1 N–H and O–H groups in total. The van der Waals surface area contributed by atoms with E-state index < -0.39 is 0 Å². The first-order valence-electron chi connectivity index (χ1n) is 8.21. The van der Waals surface area contributed by atoms with Gasteiger partial charge in [0.15, 0.2) is 0 Å². The first-order valence-corrected chi connectivity index (χ1v) is 8.21. The Kier molecular flexibility index (Phi) is 3.59. The monoisotopic (exact) mass is 324 g/mol. The van der Waals surface area contributed by atoms with Crippen molar-refractivity contribution >= 4 is 17.4 Å². The van der Waals surface area contributed by atoms with Crippen LogP contribution in [-0.4, -0.2) is 36.1 Å². The Bertz CT molecular complexity index is 769. The maximum absolute atomic E-state index is 12.2. The molecule has 0 atom stereocenters. The van der Waals surface area contributed by atoms with Gasteiger partial charge in [0, 0.05) is 36.7 Å². The summed E-state index contributed by atoms with van der Waals surface area (Å²) in [5, 5.41) is 3.00. The number of hydrogen-bond donors (Lipinski definition) is 1. The number of anilines is 2. The fourth-order valence-corrected chi connectivity index (χ4v) is 3.88. The second-order valence-corrected chi connectivity index (χ2v) is 6.46. The average molecular weight is 324 g/mol. The molecule has 0 aliphatic carbocycles. The molecule has 1 aromatic carbocycles. The van der Waals surface area contributed by atoms with E-state index in [9.17, 15) is 4.79 Å². The Morgan fingerprint density at radius 2 is 2.00 bits per heavy atom. The minimum absolute atomic E-state index is 0.0630. The summed E-state index contributed by atoms with van der Waals surface area (Å²) in [7, 11) is 1.61. The molecule has 1 fully saturated rings. The molecule has 6 nitrogen and oxygen atoms in total. The number of nitrogens with one attached hydrogen (secondary N) is 1. The number of methoxy groups -OCH3 is 1. The summed E-state index contributed by atoms with van der Waals surface area (Å²) in [4.78, 5) is 22.8. The van der Waals surface area contributed by atoms with Crippen molar-refractivity contribution in [1.29, 1.82) is 0 Å². The Morgan fingerprint density at radius 1 is 1.21 bits per heavy atom. The van der Waals surface area contributed by atoms with E-state index in [0.29, 0.717) is 12.3 Å². The highest BCUT2D eigenvalue weighted by Crippen LogP contribution is 2.45. The van der Waals surface area contributed by atoms with Gasteiger partial charge >= 0.3 is 0 Å². The topological polar surface area (TPSA) is 67.3 Å². The first kappa shape index (κ1) is 14.9. The highest BCUT2D eigenvalue weighted by atomic mass is 16.5. The number of amides is 1. The Balaban J connectivity index is 1.58. The van der Waals surface area contributed by atoms with Gasteiger partial charge in [-0.25, -0.2) is 9.97 Å². The number of rotatable bonds is 2. The number of benzene rings is 1. The zero-order chi connectivity index (χ0) is 16.6. The predicted molar refractivity (Wildman–Crippen MR) is 91.4 cm³/mol. The summed E-state index contributed by atoms with van der Waals surface area (Å²) in [5.41, 5.74) is 2.17. The Morgan fingerprint density at radius 3 is 2.79 bits per heavy atom. The molecule has 3 heterocycles. The molecule has 1 saturated heterocycles. The van der Waals surface area contributed by atoms with Gasteiger partial charge in [0.25, 0.3) is 0 Å². The molecular formula is C18H20N4O2. The summed E-state index contributed by atoms with van der Waals surface area (Å²) in [5.74, 6) is 1.57. The van der Waals surface area contributed by atoms with Crippen LogP contribution in [0.2, 0.25) is 0 Å². The van der Waals surface area contributed by atoms with E-state index >= 15 is 0 Å².